The molecule has 1 aromatic rings. The van der Waals surface area contributed by atoms with Gasteiger partial charge >= 0.3 is 0 Å². The molecule has 0 unspecified atom stereocenters. The van der Waals surface area contributed by atoms with Crippen molar-refractivity contribution in [2.45, 2.75) is 39.5 Å². The van der Waals surface area contributed by atoms with Gasteiger partial charge in [0.15, 0.2) is 0 Å². The fraction of sp³-hybridized carbons (Fsp3) is 0.467. The summed E-state index contributed by atoms with van der Waals surface area (Å²) in [6.45, 7) is 4.73. The summed E-state index contributed by atoms with van der Waals surface area (Å²) >= 11 is 0. The van der Waals surface area contributed by atoms with E-state index in [1.165, 1.54) is 5.56 Å². The highest BCUT2D eigenvalue weighted by molar-refractivity contribution is 5.27. The third-order valence-electron chi connectivity index (χ3n) is 2.68. The number of ether oxygens (including phenoxy) is 1. The van der Waals surface area contributed by atoms with Crippen LogP contribution in [-0.2, 0) is 6.42 Å². The second kappa shape index (κ2) is 7.88. The molecule has 17 heavy (non-hydrogen) atoms. The highest BCUT2D eigenvalue weighted by Gasteiger charge is 1.97. The van der Waals surface area contributed by atoms with Crippen LogP contribution in [0.5, 0.6) is 5.75 Å². The second-order valence-corrected chi connectivity index (χ2v) is 4.30. The molecule has 0 aliphatic carbocycles. The lowest BCUT2D eigenvalue weighted by molar-refractivity contribution is 0.309. The number of benzene rings is 1. The van der Waals surface area contributed by atoms with Crippen LogP contribution < -0.4 is 4.74 Å². The van der Waals surface area contributed by atoms with Crippen LogP contribution in [0.3, 0.4) is 0 Å². The summed E-state index contributed by atoms with van der Waals surface area (Å²) in [5.41, 5.74) is 2.00. The van der Waals surface area contributed by atoms with Crippen LogP contribution in [0.25, 0.3) is 0 Å². The van der Waals surface area contributed by atoms with Crippen LogP contribution in [0.15, 0.2) is 36.2 Å². The molecule has 1 aromatic carbocycles. The molecule has 0 saturated carbocycles. The average molecular weight is 236 g/mol. The quantitative estimate of drug-likeness (QED) is 0.625. The van der Waals surface area contributed by atoms with E-state index < -0.39 is 0 Å². The van der Waals surface area contributed by atoms with Crippen LogP contribution in [0.2, 0.25) is 0 Å². The van der Waals surface area contributed by atoms with Gasteiger partial charge in [-0.25, -0.2) is 4.39 Å². The zero-order valence-electron chi connectivity index (χ0n) is 10.7. The molecule has 0 aliphatic rings. The van der Waals surface area contributed by atoms with E-state index >= 15 is 0 Å². The van der Waals surface area contributed by atoms with Crippen molar-refractivity contribution < 1.29 is 9.13 Å². The number of halogens is 1. The molecule has 0 heterocycles. The number of rotatable bonds is 7. The van der Waals surface area contributed by atoms with Gasteiger partial charge in [0.25, 0.3) is 0 Å². The molecule has 0 saturated heterocycles. The van der Waals surface area contributed by atoms with Crippen LogP contribution in [-0.4, -0.2) is 6.61 Å². The molecule has 0 N–H and O–H groups in total. The van der Waals surface area contributed by atoms with E-state index in [1.54, 1.807) is 0 Å². The summed E-state index contributed by atoms with van der Waals surface area (Å²) in [4.78, 5) is 0. The minimum absolute atomic E-state index is 0.683. The predicted octanol–water partition coefficient (Wildman–Crippen LogP) is 4.67. The molecule has 0 atom stereocenters. The third-order valence-corrected chi connectivity index (χ3v) is 2.68. The topological polar surface area (TPSA) is 9.23 Å². The Morgan fingerprint density at radius 1 is 1.29 bits per heavy atom. The average Bonchev–Trinajstić information content (AvgIpc) is 2.37. The molecule has 94 valence electrons. The van der Waals surface area contributed by atoms with Crippen molar-refractivity contribution in [3.05, 3.63) is 41.7 Å². The highest BCUT2D eigenvalue weighted by atomic mass is 19.1. The normalized spacial score (nSPS) is 11.6. The fourth-order valence-electron chi connectivity index (χ4n) is 1.48. The zero-order chi connectivity index (χ0) is 12.5. The molecule has 0 aromatic heterocycles. The van der Waals surface area contributed by atoms with E-state index in [0.717, 1.165) is 43.6 Å². The molecule has 0 radical (unpaired) electrons. The van der Waals surface area contributed by atoms with Gasteiger partial charge in [-0.05, 0) is 49.5 Å². The zero-order valence-corrected chi connectivity index (χ0v) is 10.7. The first-order chi connectivity index (χ1) is 8.26. The smallest absolute Gasteiger partial charge is 0.119 e. The Kier molecular flexibility index (Phi) is 6.38. The Morgan fingerprint density at radius 2 is 2.00 bits per heavy atom. The molecular weight excluding hydrogens is 215 g/mol. The van der Waals surface area contributed by atoms with Crippen molar-refractivity contribution >= 4 is 0 Å². The fourth-order valence-corrected chi connectivity index (χ4v) is 1.48. The van der Waals surface area contributed by atoms with E-state index in [-0.39, 0.29) is 0 Å². The number of hydrogen-bond donors (Lipinski definition) is 0. The van der Waals surface area contributed by atoms with Crippen LogP contribution >= 0.6 is 0 Å². The predicted molar refractivity (Wildman–Crippen MR) is 70.0 cm³/mol. The SMILES string of the molecule is CCCCOc1ccc(CC/C(C)=C/F)cc1. The summed E-state index contributed by atoms with van der Waals surface area (Å²) in [6, 6.07) is 8.07. The lowest BCUT2D eigenvalue weighted by Crippen LogP contribution is -1.96. The van der Waals surface area contributed by atoms with Crippen molar-refractivity contribution in [3.8, 4) is 5.75 Å². The van der Waals surface area contributed by atoms with Gasteiger partial charge in [0.05, 0.1) is 12.9 Å². The maximum absolute atomic E-state index is 12.1. The largest absolute Gasteiger partial charge is 0.494 e. The van der Waals surface area contributed by atoms with Gasteiger partial charge in [-0.1, -0.05) is 25.5 Å². The molecule has 0 aliphatic heterocycles. The Bertz CT molecular complexity index is 340. The summed E-state index contributed by atoms with van der Waals surface area (Å²) < 4.78 is 17.7. The highest BCUT2D eigenvalue weighted by Crippen LogP contribution is 2.15. The number of allylic oxidation sites excluding steroid dienone is 1. The number of unbranched alkanes of at least 4 members (excludes halogenated alkanes) is 1. The Labute approximate surface area is 103 Å². The first-order valence-electron chi connectivity index (χ1n) is 6.24. The van der Waals surface area contributed by atoms with Gasteiger partial charge in [0, 0.05) is 0 Å². The molecule has 1 nitrogen and oxygen atoms in total. The number of aryl methyl sites for hydroxylation is 1. The maximum Gasteiger partial charge on any atom is 0.119 e. The Morgan fingerprint density at radius 3 is 2.59 bits per heavy atom. The van der Waals surface area contributed by atoms with Gasteiger partial charge in [0.1, 0.15) is 5.75 Å². The van der Waals surface area contributed by atoms with E-state index in [9.17, 15) is 4.39 Å². The Hall–Kier alpha value is -1.31. The van der Waals surface area contributed by atoms with Crippen LogP contribution in [0.1, 0.15) is 38.7 Å². The van der Waals surface area contributed by atoms with Gasteiger partial charge in [-0.15, -0.1) is 0 Å². The van der Waals surface area contributed by atoms with Crippen molar-refractivity contribution in [1.82, 2.24) is 0 Å². The third kappa shape index (κ3) is 5.53. The van der Waals surface area contributed by atoms with E-state index in [4.69, 9.17) is 4.74 Å². The molecule has 1 rings (SSSR count). The molecule has 0 amide bonds. The minimum atomic E-state index is 0.683. The molecule has 0 bridgehead atoms. The van der Waals surface area contributed by atoms with Gasteiger partial charge in [-0.2, -0.15) is 0 Å². The first-order valence-corrected chi connectivity index (χ1v) is 6.24. The van der Waals surface area contributed by atoms with Crippen molar-refractivity contribution in [2.24, 2.45) is 0 Å². The molecular formula is C15H21FO. The Balaban J connectivity index is 2.39. The van der Waals surface area contributed by atoms with Crippen LogP contribution in [0.4, 0.5) is 4.39 Å². The van der Waals surface area contributed by atoms with Gasteiger partial charge < -0.3 is 4.74 Å². The lowest BCUT2D eigenvalue weighted by Gasteiger charge is -2.06. The van der Waals surface area contributed by atoms with E-state index in [2.05, 4.69) is 6.92 Å². The summed E-state index contributed by atoms with van der Waals surface area (Å²) in [7, 11) is 0. The van der Waals surface area contributed by atoms with Crippen molar-refractivity contribution in [3.63, 3.8) is 0 Å². The standard InChI is InChI=1S/C15H21FO/c1-3-4-11-17-15-9-7-14(8-10-15)6-5-13(2)12-16/h7-10,12H,3-6,11H2,1-2H3/b13-12+. The number of hydrogen-bond acceptors (Lipinski definition) is 1. The summed E-state index contributed by atoms with van der Waals surface area (Å²) in [5, 5.41) is 0. The van der Waals surface area contributed by atoms with Crippen LogP contribution in [0, 0.1) is 0 Å². The molecule has 2 heteroatoms. The van der Waals surface area contributed by atoms with Crippen molar-refractivity contribution in [1.29, 1.82) is 0 Å². The molecule has 0 spiro atoms. The minimum Gasteiger partial charge on any atom is -0.494 e. The monoisotopic (exact) mass is 236 g/mol. The van der Waals surface area contributed by atoms with Gasteiger partial charge in [-0.3, -0.25) is 0 Å². The van der Waals surface area contributed by atoms with Crippen molar-refractivity contribution in [2.75, 3.05) is 6.61 Å². The summed E-state index contributed by atoms with van der Waals surface area (Å²) in [6.07, 6.45) is 4.56. The lowest BCUT2D eigenvalue weighted by atomic mass is 10.1. The summed E-state index contributed by atoms with van der Waals surface area (Å²) in [5.74, 6) is 0.917. The van der Waals surface area contributed by atoms with Gasteiger partial charge in [0.2, 0.25) is 0 Å². The first kappa shape index (κ1) is 13.8. The van der Waals surface area contributed by atoms with E-state index in [1.807, 2.05) is 31.2 Å². The van der Waals surface area contributed by atoms with E-state index in [0.29, 0.717) is 6.33 Å². The molecule has 0 fully saturated rings. The maximum atomic E-state index is 12.1. The second-order valence-electron chi connectivity index (χ2n) is 4.30.